The van der Waals surface area contributed by atoms with Crippen molar-refractivity contribution in [2.45, 2.75) is 13.8 Å². The molecule has 0 bridgehead atoms. The van der Waals surface area contributed by atoms with Gasteiger partial charge in [0, 0.05) is 10.9 Å². The molecule has 0 unspecified atom stereocenters. The molecule has 100 valence electrons. The Kier molecular flexibility index (Phi) is 3.60. The van der Waals surface area contributed by atoms with E-state index in [2.05, 4.69) is 11.6 Å². The summed E-state index contributed by atoms with van der Waals surface area (Å²) in [7, 11) is 1.36. The molecule has 4 nitrogen and oxygen atoms in total. The highest BCUT2D eigenvalue weighted by Gasteiger charge is 2.20. The average molecular weight is 259 g/mol. The summed E-state index contributed by atoms with van der Waals surface area (Å²) in [5, 5.41) is 0.809. The van der Waals surface area contributed by atoms with E-state index in [-0.39, 0.29) is 0 Å². The molecular formula is C15H17NO3. The lowest BCUT2D eigenvalue weighted by Gasteiger charge is -2.05. The average Bonchev–Trinajstić information content (AvgIpc) is 2.73. The van der Waals surface area contributed by atoms with E-state index < -0.39 is 5.97 Å². The Morgan fingerprint density at radius 1 is 1.42 bits per heavy atom. The molecule has 0 saturated carbocycles. The van der Waals surface area contributed by atoms with E-state index in [1.165, 1.54) is 7.11 Å². The normalized spacial score (nSPS) is 10.5. The van der Waals surface area contributed by atoms with E-state index in [9.17, 15) is 4.79 Å². The Morgan fingerprint density at radius 2 is 2.16 bits per heavy atom. The Balaban J connectivity index is 2.55. The van der Waals surface area contributed by atoms with Crippen LogP contribution in [0, 0.1) is 6.92 Å². The zero-order valence-electron chi connectivity index (χ0n) is 11.4. The fourth-order valence-electron chi connectivity index (χ4n) is 1.89. The minimum Gasteiger partial charge on any atom is -0.474 e. The maximum atomic E-state index is 11.9. The number of carbonyl (C=O) groups is 1. The lowest BCUT2D eigenvalue weighted by molar-refractivity contribution is 0.0598. The molecule has 0 aliphatic heterocycles. The van der Waals surface area contributed by atoms with Gasteiger partial charge in [0.1, 0.15) is 12.2 Å². The largest absolute Gasteiger partial charge is 0.474 e. The Bertz CT molecular complexity index is 640. The van der Waals surface area contributed by atoms with Crippen LogP contribution in [-0.2, 0) is 4.74 Å². The summed E-state index contributed by atoms with van der Waals surface area (Å²) in [6.45, 7) is 7.97. The van der Waals surface area contributed by atoms with Crippen molar-refractivity contribution in [2.75, 3.05) is 13.7 Å². The first-order chi connectivity index (χ1) is 9.02. The lowest BCUT2D eigenvalue weighted by Crippen LogP contribution is -2.06. The summed E-state index contributed by atoms with van der Waals surface area (Å²) in [5.41, 5.74) is 3.24. The third-order valence-corrected chi connectivity index (χ3v) is 2.77. The highest BCUT2D eigenvalue weighted by molar-refractivity contribution is 6.07. The van der Waals surface area contributed by atoms with Crippen LogP contribution in [0.1, 0.15) is 22.8 Å². The maximum absolute atomic E-state index is 11.9. The number of hydrogen-bond acceptors (Lipinski definition) is 3. The number of fused-ring (bicyclic) bond motifs is 1. The smallest absolute Gasteiger partial charge is 0.344 e. The second kappa shape index (κ2) is 5.18. The first-order valence-electron chi connectivity index (χ1n) is 6.00. The van der Waals surface area contributed by atoms with Crippen molar-refractivity contribution in [1.29, 1.82) is 0 Å². The molecule has 19 heavy (non-hydrogen) atoms. The van der Waals surface area contributed by atoms with Crippen LogP contribution in [-0.4, -0.2) is 24.7 Å². The summed E-state index contributed by atoms with van der Waals surface area (Å²) in [6.07, 6.45) is 0. The molecule has 0 radical (unpaired) electrons. The molecule has 1 aromatic carbocycles. The molecule has 1 N–H and O–H groups in total. The second-order valence-electron chi connectivity index (χ2n) is 4.62. The number of benzene rings is 1. The van der Waals surface area contributed by atoms with Crippen LogP contribution in [0.5, 0.6) is 5.88 Å². The summed E-state index contributed by atoms with van der Waals surface area (Å²) < 4.78 is 10.4. The summed E-state index contributed by atoms with van der Waals surface area (Å²) in [5.74, 6) is 0.0176. The predicted octanol–water partition coefficient (Wildman–Crippen LogP) is 3.22. The summed E-state index contributed by atoms with van der Waals surface area (Å²) >= 11 is 0. The zero-order valence-corrected chi connectivity index (χ0v) is 11.4. The molecular weight excluding hydrogens is 242 g/mol. The minimum absolute atomic E-state index is 0.357. The van der Waals surface area contributed by atoms with Crippen LogP contribution in [0.15, 0.2) is 30.4 Å². The number of carbonyl (C=O) groups excluding carboxylic acids is 1. The number of aromatic nitrogens is 1. The van der Waals surface area contributed by atoms with E-state index in [1.54, 1.807) is 0 Å². The topological polar surface area (TPSA) is 51.3 Å². The van der Waals surface area contributed by atoms with Gasteiger partial charge in [-0.15, -0.1) is 0 Å². The number of aromatic amines is 1. The van der Waals surface area contributed by atoms with Crippen LogP contribution < -0.4 is 4.74 Å². The Morgan fingerprint density at radius 3 is 2.79 bits per heavy atom. The SMILES string of the molecule is C=C(C)COc1[nH]c2ccc(C)cc2c1C(=O)OC. The van der Waals surface area contributed by atoms with Crippen LogP contribution in [0.4, 0.5) is 0 Å². The number of aryl methyl sites for hydroxylation is 1. The Labute approximate surface area is 112 Å². The van der Waals surface area contributed by atoms with E-state index in [0.29, 0.717) is 18.1 Å². The van der Waals surface area contributed by atoms with Crippen LogP contribution in [0.3, 0.4) is 0 Å². The quantitative estimate of drug-likeness (QED) is 0.677. The lowest BCUT2D eigenvalue weighted by atomic mass is 10.1. The molecule has 2 rings (SSSR count). The van der Waals surface area contributed by atoms with Gasteiger partial charge in [0.2, 0.25) is 5.88 Å². The first kappa shape index (κ1) is 13.2. The number of esters is 1. The number of hydrogen-bond donors (Lipinski definition) is 1. The first-order valence-corrected chi connectivity index (χ1v) is 6.00. The van der Waals surface area contributed by atoms with Gasteiger partial charge in [-0.1, -0.05) is 18.2 Å². The molecule has 0 fully saturated rings. The van der Waals surface area contributed by atoms with Crippen molar-refractivity contribution in [3.63, 3.8) is 0 Å². The van der Waals surface area contributed by atoms with Crippen LogP contribution >= 0.6 is 0 Å². The van der Waals surface area contributed by atoms with Gasteiger partial charge in [-0.3, -0.25) is 0 Å². The van der Waals surface area contributed by atoms with Crippen molar-refractivity contribution in [2.24, 2.45) is 0 Å². The summed E-state index contributed by atoms with van der Waals surface area (Å²) in [6, 6.07) is 5.83. The van der Waals surface area contributed by atoms with Gasteiger partial charge in [0.25, 0.3) is 0 Å². The van der Waals surface area contributed by atoms with E-state index in [1.807, 2.05) is 32.0 Å². The molecule has 0 amide bonds. The van der Waals surface area contributed by atoms with Gasteiger partial charge in [-0.05, 0) is 31.6 Å². The molecule has 0 aliphatic rings. The monoisotopic (exact) mass is 259 g/mol. The van der Waals surface area contributed by atoms with Crippen molar-refractivity contribution in [3.05, 3.63) is 41.5 Å². The van der Waals surface area contributed by atoms with Gasteiger partial charge in [0.15, 0.2) is 0 Å². The predicted molar refractivity (Wildman–Crippen MR) is 74.7 cm³/mol. The molecule has 0 spiro atoms. The number of rotatable bonds is 4. The van der Waals surface area contributed by atoms with Crippen LogP contribution in [0.2, 0.25) is 0 Å². The highest BCUT2D eigenvalue weighted by Crippen LogP contribution is 2.29. The molecule has 0 atom stereocenters. The zero-order chi connectivity index (χ0) is 14.0. The van der Waals surface area contributed by atoms with E-state index in [4.69, 9.17) is 9.47 Å². The van der Waals surface area contributed by atoms with E-state index >= 15 is 0 Å². The Hall–Kier alpha value is -2.23. The number of H-pyrrole nitrogens is 1. The number of ether oxygens (including phenoxy) is 2. The van der Waals surface area contributed by atoms with Gasteiger partial charge >= 0.3 is 5.97 Å². The fraction of sp³-hybridized carbons (Fsp3) is 0.267. The number of nitrogens with one attached hydrogen (secondary N) is 1. The molecule has 4 heteroatoms. The molecule has 0 aliphatic carbocycles. The standard InChI is InChI=1S/C15H17NO3/c1-9(2)8-19-14-13(15(17)18-4)11-7-10(3)5-6-12(11)16-14/h5-7,16H,1,8H2,2-4H3. The molecule has 0 saturated heterocycles. The molecule has 1 heterocycles. The summed E-state index contributed by atoms with van der Waals surface area (Å²) in [4.78, 5) is 15.0. The van der Waals surface area contributed by atoms with Gasteiger partial charge < -0.3 is 14.5 Å². The van der Waals surface area contributed by atoms with Crippen molar-refractivity contribution in [3.8, 4) is 5.88 Å². The third kappa shape index (κ3) is 2.62. The number of methoxy groups -OCH3 is 1. The van der Waals surface area contributed by atoms with Crippen LogP contribution in [0.25, 0.3) is 10.9 Å². The highest BCUT2D eigenvalue weighted by atomic mass is 16.5. The van der Waals surface area contributed by atoms with E-state index in [0.717, 1.165) is 22.0 Å². The van der Waals surface area contributed by atoms with Gasteiger partial charge in [-0.25, -0.2) is 4.79 Å². The minimum atomic E-state index is -0.409. The van der Waals surface area contributed by atoms with Crippen molar-refractivity contribution in [1.82, 2.24) is 4.98 Å². The van der Waals surface area contributed by atoms with Crippen molar-refractivity contribution >= 4 is 16.9 Å². The van der Waals surface area contributed by atoms with Crippen molar-refractivity contribution < 1.29 is 14.3 Å². The van der Waals surface area contributed by atoms with Gasteiger partial charge in [0.05, 0.1) is 7.11 Å². The molecule has 2 aromatic rings. The third-order valence-electron chi connectivity index (χ3n) is 2.77. The molecule has 1 aromatic heterocycles. The van der Waals surface area contributed by atoms with Gasteiger partial charge in [-0.2, -0.15) is 0 Å². The maximum Gasteiger partial charge on any atom is 0.344 e. The fourth-order valence-corrected chi connectivity index (χ4v) is 1.89. The second-order valence-corrected chi connectivity index (χ2v) is 4.62.